The van der Waals surface area contributed by atoms with Crippen molar-refractivity contribution >= 4 is 16.6 Å². The highest BCUT2D eigenvalue weighted by molar-refractivity contribution is 5.91. The molecule has 0 fully saturated rings. The smallest absolute Gasteiger partial charge is 0.252 e. The highest BCUT2D eigenvalue weighted by atomic mass is 16.1. The Morgan fingerprint density at radius 3 is 2.83 bits per heavy atom. The van der Waals surface area contributed by atoms with Crippen molar-refractivity contribution in [3.05, 3.63) is 40.7 Å². The van der Waals surface area contributed by atoms with E-state index in [9.17, 15) is 4.79 Å². The molecule has 0 aliphatic carbocycles. The Kier molecular flexibility index (Phi) is 3.67. The molecule has 1 heterocycles. The molecule has 0 saturated carbocycles. The van der Waals surface area contributed by atoms with Crippen molar-refractivity contribution in [3.8, 4) is 0 Å². The van der Waals surface area contributed by atoms with Gasteiger partial charge in [0.15, 0.2) is 0 Å². The van der Waals surface area contributed by atoms with Crippen LogP contribution in [0.4, 0.5) is 5.69 Å². The largest absolute Gasteiger partial charge is 0.384 e. The maximum atomic E-state index is 11.8. The van der Waals surface area contributed by atoms with Gasteiger partial charge in [0.1, 0.15) is 0 Å². The van der Waals surface area contributed by atoms with E-state index < -0.39 is 0 Å². The quantitative estimate of drug-likeness (QED) is 0.861. The first kappa shape index (κ1) is 12.6. The Morgan fingerprint density at radius 2 is 2.11 bits per heavy atom. The van der Waals surface area contributed by atoms with Gasteiger partial charge in [-0.05, 0) is 19.4 Å². The molecule has 96 valence electrons. The van der Waals surface area contributed by atoms with Crippen molar-refractivity contribution in [2.24, 2.45) is 12.8 Å². The minimum absolute atomic E-state index is 0.00278. The molecule has 0 spiro atoms. The first-order valence-electron chi connectivity index (χ1n) is 6.18. The molecule has 2 rings (SSSR count). The fourth-order valence-corrected chi connectivity index (χ4v) is 1.99. The van der Waals surface area contributed by atoms with Crippen molar-refractivity contribution in [1.82, 2.24) is 4.57 Å². The summed E-state index contributed by atoms with van der Waals surface area (Å²) in [5, 5.41) is 4.35. The number of nitrogens with one attached hydrogen (secondary N) is 1. The molecule has 0 radical (unpaired) electrons. The van der Waals surface area contributed by atoms with Crippen LogP contribution in [0, 0.1) is 0 Å². The fourth-order valence-electron chi connectivity index (χ4n) is 1.99. The average Bonchev–Trinajstić information content (AvgIpc) is 2.35. The maximum absolute atomic E-state index is 11.8. The number of nitrogens with zero attached hydrogens (tertiary/aromatic N) is 1. The highest BCUT2D eigenvalue weighted by Crippen LogP contribution is 2.20. The average molecular weight is 245 g/mol. The zero-order valence-electron chi connectivity index (χ0n) is 10.8. The van der Waals surface area contributed by atoms with E-state index in [0.717, 1.165) is 29.6 Å². The van der Waals surface area contributed by atoms with E-state index in [1.165, 1.54) is 0 Å². The number of nitrogens with two attached hydrogens (primary N) is 1. The highest BCUT2D eigenvalue weighted by Gasteiger charge is 2.05. The molecule has 1 aromatic carbocycles. The van der Waals surface area contributed by atoms with Gasteiger partial charge >= 0.3 is 0 Å². The van der Waals surface area contributed by atoms with Crippen LogP contribution in [0.25, 0.3) is 10.9 Å². The van der Waals surface area contributed by atoms with Gasteiger partial charge in [0, 0.05) is 36.8 Å². The Labute approximate surface area is 106 Å². The van der Waals surface area contributed by atoms with Crippen LogP contribution in [-0.2, 0) is 7.05 Å². The second-order valence-corrected chi connectivity index (χ2v) is 4.67. The van der Waals surface area contributed by atoms with Crippen LogP contribution in [0.15, 0.2) is 35.1 Å². The van der Waals surface area contributed by atoms with Gasteiger partial charge in [-0.1, -0.05) is 18.2 Å². The van der Waals surface area contributed by atoms with Gasteiger partial charge in [0.05, 0.1) is 5.52 Å². The third-order valence-electron chi connectivity index (χ3n) is 3.07. The van der Waals surface area contributed by atoms with Crippen LogP contribution >= 0.6 is 0 Å². The van der Waals surface area contributed by atoms with Gasteiger partial charge in [-0.2, -0.15) is 0 Å². The number of anilines is 1. The topological polar surface area (TPSA) is 60.0 Å². The van der Waals surface area contributed by atoms with E-state index in [2.05, 4.69) is 5.32 Å². The number of benzene rings is 1. The summed E-state index contributed by atoms with van der Waals surface area (Å²) < 4.78 is 1.66. The predicted molar refractivity (Wildman–Crippen MR) is 75.9 cm³/mol. The Morgan fingerprint density at radius 1 is 1.39 bits per heavy atom. The molecule has 0 aliphatic rings. The van der Waals surface area contributed by atoms with Crippen LogP contribution in [0.5, 0.6) is 0 Å². The van der Waals surface area contributed by atoms with E-state index in [4.69, 9.17) is 5.73 Å². The summed E-state index contributed by atoms with van der Waals surface area (Å²) in [5.74, 6) is 0. The normalized spacial score (nSPS) is 12.6. The van der Waals surface area contributed by atoms with Gasteiger partial charge in [-0.15, -0.1) is 0 Å². The minimum atomic E-state index is -0.00278. The Bertz CT molecular complexity index is 602. The second kappa shape index (κ2) is 5.23. The van der Waals surface area contributed by atoms with Crippen LogP contribution in [0.3, 0.4) is 0 Å². The van der Waals surface area contributed by atoms with Crippen LogP contribution in [0.1, 0.15) is 13.3 Å². The van der Waals surface area contributed by atoms with Crippen molar-refractivity contribution in [1.29, 1.82) is 0 Å². The number of pyridine rings is 1. The molecule has 3 N–H and O–H groups in total. The van der Waals surface area contributed by atoms with Gasteiger partial charge in [-0.3, -0.25) is 4.79 Å². The zero-order valence-corrected chi connectivity index (χ0v) is 10.8. The summed E-state index contributed by atoms with van der Waals surface area (Å²) in [6.07, 6.45) is 0.879. The molecule has 1 aromatic heterocycles. The van der Waals surface area contributed by atoms with E-state index in [1.54, 1.807) is 17.7 Å². The van der Waals surface area contributed by atoms with E-state index in [-0.39, 0.29) is 11.6 Å². The van der Waals surface area contributed by atoms with Crippen LogP contribution in [-0.4, -0.2) is 17.2 Å². The number of aromatic nitrogens is 1. The van der Waals surface area contributed by atoms with Crippen molar-refractivity contribution < 1.29 is 0 Å². The summed E-state index contributed by atoms with van der Waals surface area (Å²) in [4.78, 5) is 11.8. The molecule has 18 heavy (non-hydrogen) atoms. The minimum Gasteiger partial charge on any atom is -0.384 e. The van der Waals surface area contributed by atoms with Crippen LogP contribution in [0.2, 0.25) is 0 Å². The molecule has 4 nitrogen and oxygen atoms in total. The lowest BCUT2D eigenvalue weighted by Crippen LogP contribution is -2.21. The third-order valence-corrected chi connectivity index (χ3v) is 3.07. The number of rotatable bonds is 4. The first-order valence-corrected chi connectivity index (χ1v) is 6.18. The molecular formula is C14H19N3O. The summed E-state index contributed by atoms with van der Waals surface area (Å²) in [5.41, 5.74) is 7.54. The van der Waals surface area contributed by atoms with Crippen LogP contribution < -0.4 is 16.6 Å². The fraction of sp³-hybridized carbons (Fsp3) is 0.357. The van der Waals surface area contributed by atoms with Crippen molar-refractivity contribution in [2.75, 3.05) is 11.9 Å². The van der Waals surface area contributed by atoms with Gasteiger partial charge in [0.2, 0.25) is 0 Å². The lowest BCUT2D eigenvalue weighted by molar-refractivity contribution is 0.690. The molecule has 0 amide bonds. The molecular weight excluding hydrogens is 226 g/mol. The Hall–Kier alpha value is -1.81. The van der Waals surface area contributed by atoms with Crippen molar-refractivity contribution in [3.63, 3.8) is 0 Å². The zero-order chi connectivity index (χ0) is 13.1. The standard InChI is InChI=1S/C14H19N3O/c1-10(15)7-8-16-12-9-14(18)17(2)13-6-4-3-5-11(12)13/h3-6,9-10,16H,7-8,15H2,1-2H3. The molecule has 0 aliphatic heterocycles. The number of aryl methyl sites for hydroxylation is 1. The van der Waals surface area contributed by atoms with E-state index in [1.807, 2.05) is 31.2 Å². The molecule has 0 saturated heterocycles. The van der Waals surface area contributed by atoms with Gasteiger partial charge in [-0.25, -0.2) is 0 Å². The summed E-state index contributed by atoms with van der Waals surface area (Å²) in [6, 6.07) is 9.69. The summed E-state index contributed by atoms with van der Waals surface area (Å²) >= 11 is 0. The molecule has 4 heteroatoms. The summed E-state index contributed by atoms with van der Waals surface area (Å²) in [6.45, 7) is 2.75. The monoisotopic (exact) mass is 245 g/mol. The molecule has 2 aromatic rings. The Balaban J connectivity index is 2.38. The molecule has 0 bridgehead atoms. The van der Waals surface area contributed by atoms with Crippen molar-refractivity contribution in [2.45, 2.75) is 19.4 Å². The number of hydrogen-bond donors (Lipinski definition) is 2. The van der Waals surface area contributed by atoms with Gasteiger partial charge in [0.25, 0.3) is 5.56 Å². The number of fused-ring (bicyclic) bond motifs is 1. The van der Waals surface area contributed by atoms with E-state index >= 15 is 0 Å². The predicted octanol–water partition coefficient (Wildman–Crippen LogP) is 1.69. The van der Waals surface area contributed by atoms with Gasteiger partial charge < -0.3 is 15.6 Å². The maximum Gasteiger partial charge on any atom is 0.252 e. The van der Waals surface area contributed by atoms with E-state index in [0.29, 0.717) is 0 Å². The third kappa shape index (κ3) is 2.54. The number of hydrogen-bond acceptors (Lipinski definition) is 3. The first-order chi connectivity index (χ1) is 8.59. The SMILES string of the molecule is CC(N)CCNc1cc(=O)n(C)c2ccccc12. The second-order valence-electron chi connectivity index (χ2n) is 4.67. The number of para-hydroxylation sites is 1. The lowest BCUT2D eigenvalue weighted by atomic mass is 10.1. The molecule has 1 atom stereocenters. The summed E-state index contributed by atoms with van der Waals surface area (Å²) in [7, 11) is 1.79. The lowest BCUT2D eigenvalue weighted by Gasteiger charge is -2.12. The molecule has 1 unspecified atom stereocenters.